The number of rotatable bonds is 5. The van der Waals surface area contributed by atoms with Crippen molar-refractivity contribution >= 4 is 28.9 Å². The molecule has 0 aliphatic carbocycles. The fraction of sp³-hybridized carbons (Fsp3) is 0.143. The Labute approximate surface area is 148 Å². The first-order chi connectivity index (χ1) is 12.2. The van der Waals surface area contributed by atoms with E-state index in [4.69, 9.17) is 4.74 Å². The van der Waals surface area contributed by atoms with Crippen molar-refractivity contribution in [1.82, 2.24) is 0 Å². The summed E-state index contributed by atoms with van der Waals surface area (Å²) in [6.45, 7) is 0. The van der Waals surface area contributed by atoms with Crippen LogP contribution in [0.2, 0.25) is 0 Å². The summed E-state index contributed by atoms with van der Waals surface area (Å²) in [5.74, 6) is 0.860. The summed E-state index contributed by atoms with van der Waals surface area (Å²) in [5.41, 5.74) is 3.19. The minimum atomic E-state index is 0.860. The highest BCUT2D eigenvalue weighted by Gasteiger charge is 1.97. The molecule has 0 fully saturated rings. The van der Waals surface area contributed by atoms with E-state index in [0.29, 0.717) is 0 Å². The van der Waals surface area contributed by atoms with E-state index < -0.39 is 0 Å². The van der Waals surface area contributed by atoms with E-state index in [9.17, 15) is 0 Å². The zero-order valence-corrected chi connectivity index (χ0v) is 14.7. The lowest BCUT2D eigenvalue weighted by atomic mass is 10.1. The van der Waals surface area contributed by atoms with E-state index in [-0.39, 0.29) is 0 Å². The van der Waals surface area contributed by atoms with Gasteiger partial charge in [-0.2, -0.15) is 10.2 Å². The third-order valence-electron chi connectivity index (χ3n) is 3.96. The molecule has 0 spiro atoms. The second-order valence-electron chi connectivity index (χ2n) is 5.95. The summed E-state index contributed by atoms with van der Waals surface area (Å²) >= 11 is 0. The molecule has 0 amide bonds. The van der Waals surface area contributed by atoms with Gasteiger partial charge in [-0.15, -0.1) is 0 Å². The molecule has 0 radical (unpaired) electrons. The average Bonchev–Trinajstić information content (AvgIpc) is 2.65. The van der Waals surface area contributed by atoms with Crippen LogP contribution in [0.15, 0.2) is 70.9 Å². The molecule has 3 aromatic carbocycles. The van der Waals surface area contributed by atoms with Crippen LogP contribution >= 0.6 is 0 Å². The monoisotopic (exact) mass is 331 g/mol. The number of fused-ring (bicyclic) bond motifs is 1. The number of methoxy groups -OCH3 is 1. The summed E-state index contributed by atoms with van der Waals surface area (Å²) in [6, 6.07) is 20.3. The van der Waals surface area contributed by atoms with Crippen molar-refractivity contribution in [3.05, 3.63) is 71.8 Å². The molecule has 0 unspecified atom stereocenters. The quantitative estimate of drug-likeness (QED) is 0.514. The minimum absolute atomic E-state index is 0.860. The maximum atomic E-state index is 5.25. The Balaban J connectivity index is 1.70. The lowest BCUT2D eigenvalue weighted by Gasteiger charge is -2.11. The van der Waals surface area contributed by atoms with E-state index in [1.807, 2.05) is 50.5 Å². The number of anilines is 1. The molecule has 3 rings (SSSR count). The van der Waals surface area contributed by atoms with Gasteiger partial charge in [0.2, 0.25) is 0 Å². The molecular weight excluding hydrogens is 310 g/mol. The first-order valence-corrected chi connectivity index (χ1v) is 8.07. The summed E-state index contributed by atoms with van der Waals surface area (Å²) in [5, 5.41) is 10.6. The van der Waals surface area contributed by atoms with Crippen molar-refractivity contribution in [2.45, 2.75) is 0 Å². The molecule has 4 nitrogen and oxygen atoms in total. The van der Waals surface area contributed by atoms with Crippen molar-refractivity contribution < 1.29 is 4.74 Å². The van der Waals surface area contributed by atoms with Gasteiger partial charge in [0.15, 0.2) is 0 Å². The molecule has 4 heteroatoms. The highest BCUT2D eigenvalue weighted by Crippen LogP contribution is 2.21. The molecule has 0 heterocycles. The predicted molar refractivity (Wildman–Crippen MR) is 106 cm³/mol. The van der Waals surface area contributed by atoms with Gasteiger partial charge >= 0.3 is 0 Å². The van der Waals surface area contributed by atoms with Crippen LogP contribution < -0.4 is 9.64 Å². The van der Waals surface area contributed by atoms with Crippen molar-refractivity contribution in [2.75, 3.05) is 26.1 Å². The SMILES string of the molecule is COc1ccc2cc(/C=N/N=C/c3ccc(N(C)C)cc3)ccc2c1. The zero-order valence-electron chi connectivity index (χ0n) is 14.7. The number of hydrogen-bond donors (Lipinski definition) is 0. The molecular formula is C21H21N3O. The maximum absolute atomic E-state index is 5.25. The first kappa shape index (κ1) is 16.7. The second-order valence-corrected chi connectivity index (χ2v) is 5.95. The molecule has 25 heavy (non-hydrogen) atoms. The highest BCUT2D eigenvalue weighted by atomic mass is 16.5. The van der Waals surface area contributed by atoms with Crippen LogP contribution in [0.25, 0.3) is 10.8 Å². The van der Waals surface area contributed by atoms with Crippen LogP contribution in [0.4, 0.5) is 5.69 Å². The Morgan fingerprint density at radius 3 is 2.04 bits per heavy atom. The largest absolute Gasteiger partial charge is 0.497 e. The molecule has 0 atom stereocenters. The van der Waals surface area contributed by atoms with Gasteiger partial charge in [-0.05, 0) is 52.2 Å². The Kier molecular flexibility index (Phi) is 5.09. The molecule has 0 aliphatic rings. The number of hydrogen-bond acceptors (Lipinski definition) is 4. The van der Waals surface area contributed by atoms with Gasteiger partial charge in [-0.25, -0.2) is 0 Å². The minimum Gasteiger partial charge on any atom is -0.497 e. The Hall–Kier alpha value is -3.14. The average molecular weight is 331 g/mol. The topological polar surface area (TPSA) is 37.2 Å². The number of nitrogens with zero attached hydrogens (tertiary/aromatic N) is 3. The summed E-state index contributed by atoms with van der Waals surface area (Å²) in [6.07, 6.45) is 3.51. The van der Waals surface area contributed by atoms with Crippen LogP contribution in [-0.4, -0.2) is 33.6 Å². The highest BCUT2D eigenvalue weighted by molar-refractivity contribution is 5.91. The molecule has 0 saturated heterocycles. The van der Waals surface area contributed by atoms with Gasteiger partial charge < -0.3 is 9.64 Å². The van der Waals surface area contributed by atoms with Crippen molar-refractivity contribution in [1.29, 1.82) is 0 Å². The van der Waals surface area contributed by atoms with Crippen LogP contribution in [0, 0.1) is 0 Å². The Morgan fingerprint density at radius 2 is 1.36 bits per heavy atom. The fourth-order valence-corrected chi connectivity index (χ4v) is 2.51. The molecule has 3 aromatic rings. The van der Waals surface area contributed by atoms with Gasteiger partial charge in [0, 0.05) is 19.8 Å². The third kappa shape index (κ3) is 4.23. The van der Waals surface area contributed by atoms with E-state index in [2.05, 4.69) is 39.4 Å². The third-order valence-corrected chi connectivity index (χ3v) is 3.96. The summed E-state index contributed by atoms with van der Waals surface area (Å²) in [4.78, 5) is 2.06. The van der Waals surface area contributed by atoms with Crippen LogP contribution in [0.5, 0.6) is 5.75 Å². The van der Waals surface area contributed by atoms with Gasteiger partial charge in [0.25, 0.3) is 0 Å². The van der Waals surface area contributed by atoms with Crippen LogP contribution in [0.1, 0.15) is 11.1 Å². The lowest BCUT2D eigenvalue weighted by Crippen LogP contribution is -2.08. The second kappa shape index (κ2) is 7.62. The van der Waals surface area contributed by atoms with Crippen LogP contribution in [0.3, 0.4) is 0 Å². The Morgan fingerprint density at radius 1 is 0.760 bits per heavy atom. The number of benzene rings is 3. The van der Waals surface area contributed by atoms with E-state index in [1.165, 1.54) is 0 Å². The Bertz CT molecular complexity index is 912. The van der Waals surface area contributed by atoms with Crippen LogP contribution in [-0.2, 0) is 0 Å². The molecule has 0 saturated carbocycles. The molecule has 0 bridgehead atoms. The van der Waals surface area contributed by atoms with Gasteiger partial charge in [0.05, 0.1) is 19.5 Å². The smallest absolute Gasteiger partial charge is 0.119 e. The number of ether oxygens (including phenoxy) is 1. The van der Waals surface area contributed by atoms with Crippen molar-refractivity contribution in [3.63, 3.8) is 0 Å². The van der Waals surface area contributed by atoms with Crippen molar-refractivity contribution in [3.8, 4) is 5.75 Å². The van der Waals surface area contributed by atoms with E-state index >= 15 is 0 Å². The maximum Gasteiger partial charge on any atom is 0.119 e. The fourth-order valence-electron chi connectivity index (χ4n) is 2.51. The lowest BCUT2D eigenvalue weighted by molar-refractivity contribution is 0.415. The molecule has 0 aliphatic heterocycles. The van der Waals surface area contributed by atoms with Gasteiger partial charge in [-0.3, -0.25) is 0 Å². The van der Waals surface area contributed by atoms with E-state index in [1.54, 1.807) is 19.5 Å². The summed E-state index contributed by atoms with van der Waals surface area (Å²) < 4.78 is 5.25. The van der Waals surface area contributed by atoms with E-state index in [0.717, 1.165) is 33.3 Å². The zero-order chi connectivity index (χ0) is 17.6. The summed E-state index contributed by atoms with van der Waals surface area (Å²) in [7, 11) is 5.72. The molecule has 0 aromatic heterocycles. The predicted octanol–water partition coefficient (Wildman–Crippen LogP) is 4.37. The van der Waals surface area contributed by atoms with Crippen molar-refractivity contribution in [2.24, 2.45) is 10.2 Å². The standard InChI is InChI=1S/C21H21N3O/c1-24(2)20-9-5-16(6-10-20)14-22-23-15-17-4-7-19-13-21(25-3)11-8-18(19)12-17/h4-15H,1-3H3/b22-14+,23-15+. The molecule has 126 valence electrons. The first-order valence-electron chi connectivity index (χ1n) is 8.07. The normalized spacial score (nSPS) is 11.5. The molecule has 0 N–H and O–H groups in total. The van der Waals surface area contributed by atoms with Gasteiger partial charge in [-0.1, -0.05) is 30.3 Å². The van der Waals surface area contributed by atoms with Gasteiger partial charge in [0.1, 0.15) is 5.75 Å².